The predicted octanol–water partition coefficient (Wildman–Crippen LogP) is 3.29. The van der Waals surface area contributed by atoms with Crippen LogP contribution in [0.3, 0.4) is 0 Å². The Morgan fingerprint density at radius 1 is 1.28 bits per heavy atom. The van der Waals surface area contributed by atoms with Crippen molar-refractivity contribution in [3.8, 4) is 0 Å². The van der Waals surface area contributed by atoms with E-state index in [-0.39, 0.29) is 5.82 Å². The second kappa shape index (κ2) is 5.53. The fraction of sp³-hybridized carbons (Fsp3) is 0.467. The Labute approximate surface area is 108 Å². The van der Waals surface area contributed by atoms with E-state index >= 15 is 0 Å². The maximum absolute atomic E-state index is 13.4. The van der Waals surface area contributed by atoms with E-state index in [2.05, 4.69) is 36.7 Å². The molecule has 0 saturated carbocycles. The molecule has 3 heteroatoms. The quantitative estimate of drug-likeness (QED) is 0.788. The second-order valence-electron chi connectivity index (χ2n) is 5.01. The first-order valence-corrected chi connectivity index (χ1v) is 6.54. The number of rotatable bonds is 5. The number of halogens is 1. The normalized spacial score (nSPS) is 11.6. The highest BCUT2D eigenvalue weighted by atomic mass is 19.1. The highest BCUT2D eigenvalue weighted by Crippen LogP contribution is 2.23. The minimum atomic E-state index is -0.148. The van der Waals surface area contributed by atoms with E-state index in [0.717, 1.165) is 36.8 Å². The topological polar surface area (TPSA) is 8.17 Å². The van der Waals surface area contributed by atoms with Crippen molar-refractivity contribution in [2.24, 2.45) is 0 Å². The molecule has 0 N–H and O–H groups in total. The van der Waals surface area contributed by atoms with Crippen LogP contribution in [-0.2, 0) is 13.0 Å². The number of aryl methyl sites for hydroxylation is 2. The lowest BCUT2D eigenvalue weighted by Crippen LogP contribution is -2.13. The molecule has 98 valence electrons. The summed E-state index contributed by atoms with van der Waals surface area (Å²) in [6.07, 6.45) is 4.28. The van der Waals surface area contributed by atoms with Gasteiger partial charge < -0.3 is 9.47 Å². The number of hydrogen-bond donors (Lipinski definition) is 0. The average Bonchev–Trinajstić information content (AvgIpc) is 2.66. The Hall–Kier alpha value is -1.35. The molecule has 0 aliphatic carbocycles. The molecular weight excluding hydrogens is 227 g/mol. The number of hydrogen-bond acceptors (Lipinski definition) is 1. The maximum Gasteiger partial charge on any atom is 0.123 e. The lowest BCUT2D eigenvalue weighted by molar-refractivity contribution is 0.400. The summed E-state index contributed by atoms with van der Waals surface area (Å²) in [5.74, 6) is -0.148. The molecule has 2 aromatic rings. The molecule has 0 fully saturated rings. The largest absolute Gasteiger partial charge is 0.347 e. The van der Waals surface area contributed by atoms with Gasteiger partial charge in [0, 0.05) is 23.6 Å². The summed E-state index contributed by atoms with van der Waals surface area (Å²) in [5, 5.41) is 1.07. The van der Waals surface area contributed by atoms with Gasteiger partial charge in [0.05, 0.1) is 0 Å². The van der Waals surface area contributed by atoms with Crippen molar-refractivity contribution in [1.82, 2.24) is 9.47 Å². The summed E-state index contributed by atoms with van der Waals surface area (Å²) in [7, 11) is 4.16. The zero-order chi connectivity index (χ0) is 13.1. The van der Waals surface area contributed by atoms with E-state index in [1.807, 2.05) is 6.07 Å². The molecule has 0 amide bonds. The summed E-state index contributed by atoms with van der Waals surface area (Å²) in [5.41, 5.74) is 2.40. The number of aromatic nitrogens is 1. The minimum Gasteiger partial charge on any atom is -0.347 e. The van der Waals surface area contributed by atoms with Gasteiger partial charge in [-0.05, 0) is 64.2 Å². The van der Waals surface area contributed by atoms with Gasteiger partial charge in [0.2, 0.25) is 0 Å². The van der Waals surface area contributed by atoms with E-state index in [4.69, 9.17) is 0 Å². The summed E-state index contributed by atoms with van der Waals surface area (Å²) in [4.78, 5) is 2.18. The Bertz CT molecular complexity index is 529. The standard InChI is InChI=1S/C15H21FN2/c1-4-18-11-12(6-5-9-17(2)3)14-10-13(16)7-8-15(14)18/h7-8,10-11H,4-6,9H2,1-3H3. The van der Waals surface area contributed by atoms with Crippen LogP contribution in [0, 0.1) is 5.82 Å². The first-order valence-electron chi connectivity index (χ1n) is 6.54. The van der Waals surface area contributed by atoms with E-state index in [1.54, 1.807) is 6.07 Å². The van der Waals surface area contributed by atoms with Gasteiger partial charge in [-0.2, -0.15) is 0 Å². The molecule has 0 spiro atoms. The molecular formula is C15H21FN2. The Kier molecular flexibility index (Phi) is 4.02. The smallest absolute Gasteiger partial charge is 0.123 e. The van der Waals surface area contributed by atoms with Gasteiger partial charge in [0.15, 0.2) is 0 Å². The summed E-state index contributed by atoms with van der Waals surface area (Å²) in [6.45, 7) is 4.11. The van der Waals surface area contributed by atoms with Gasteiger partial charge in [0.25, 0.3) is 0 Å². The first kappa shape index (κ1) is 13.1. The van der Waals surface area contributed by atoms with Crippen LogP contribution in [0.4, 0.5) is 4.39 Å². The van der Waals surface area contributed by atoms with Crippen molar-refractivity contribution < 1.29 is 4.39 Å². The number of benzene rings is 1. The van der Waals surface area contributed by atoms with Crippen molar-refractivity contribution in [2.75, 3.05) is 20.6 Å². The zero-order valence-corrected chi connectivity index (χ0v) is 11.4. The SMILES string of the molecule is CCn1cc(CCCN(C)C)c2cc(F)ccc21. The molecule has 2 nitrogen and oxygen atoms in total. The summed E-state index contributed by atoms with van der Waals surface area (Å²) in [6, 6.07) is 5.08. The van der Waals surface area contributed by atoms with Crippen molar-refractivity contribution >= 4 is 10.9 Å². The van der Waals surface area contributed by atoms with Crippen LogP contribution in [0.15, 0.2) is 24.4 Å². The molecule has 1 aromatic heterocycles. The number of nitrogens with zero attached hydrogens (tertiary/aromatic N) is 2. The van der Waals surface area contributed by atoms with Crippen LogP contribution in [0.25, 0.3) is 10.9 Å². The first-order chi connectivity index (χ1) is 8.61. The van der Waals surface area contributed by atoms with Gasteiger partial charge in [-0.3, -0.25) is 0 Å². The highest BCUT2D eigenvalue weighted by molar-refractivity contribution is 5.84. The summed E-state index contributed by atoms with van der Waals surface area (Å²) >= 11 is 0. The van der Waals surface area contributed by atoms with Crippen LogP contribution in [0.2, 0.25) is 0 Å². The molecule has 0 bridgehead atoms. The van der Waals surface area contributed by atoms with Crippen LogP contribution in [0.5, 0.6) is 0 Å². The van der Waals surface area contributed by atoms with Gasteiger partial charge in [0.1, 0.15) is 5.82 Å². The zero-order valence-electron chi connectivity index (χ0n) is 11.4. The molecule has 1 heterocycles. The van der Waals surface area contributed by atoms with Crippen molar-refractivity contribution in [2.45, 2.75) is 26.3 Å². The summed E-state index contributed by atoms with van der Waals surface area (Å²) < 4.78 is 15.6. The Morgan fingerprint density at radius 3 is 2.72 bits per heavy atom. The molecule has 0 aliphatic rings. The fourth-order valence-electron chi connectivity index (χ4n) is 2.39. The third-order valence-electron chi connectivity index (χ3n) is 3.32. The maximum atomic E-state index is 13.4. The second-order valence-corrected chi connectivity index (χ2v) is 5.01. The lowest BCUT2D eigenvalue weighted by atomic mass is 10.1. The van der Waals surface area contributed by atoms with Crippen LogP contribution in [0.1, 0.15) is 18.9 Å². The molecule has 0 aliphatic heterocycles. The van der Waals surface area contributed by atoms with Crippen LogP contribution >= 0.6 is 0 Å². The lowest BCUT2D eigenvalue weighted by Gasteiger charge is -2.08. The predicted molar refractivity (Wildman–Crippen MR) is 74.4 cm³/mol. The van der Waals surface area contributed by atoms with Crippen molar-refractivity contribution in [3.05, 3.63) is 35.8 Å². The van der Waals surface area contributed by atoms with E-state index in [1.165, 1.54) is 11.6 Å². The van der Waals surface area contributed by atoms with E-state index in [9.17, 15) is 4.39 Å². The molecule has 18 heavy (non-hydrogen) atoms. The third kappa shape index (κ3) is 2.72. The molecule has 0 unspecified atom stereocenters. The van der Waals surface area contributed by atoms with E-state index in [0.29, 0.717) is 0 Å². The average molecular weight is 248 g/mol. The molecule has 2 rings (SSSR count). The van der Waals surface area contributed by atoms with Crippen LogP contribution < -0.4 is 0 Å². The van der Waals surface area contributed by atoms with Crippen LogP contribution in [-0.4, -0.2) is 30.1 Å². The monoisotopic (exact) mass is 248 g/mol. The van der Waals surface area contributed by atoms with Crippen molar-refractivity contribution in [3.63, 3.8) is 0 Å². The van der Waals surface area contributed by atoms with E-state index < -0.39 is 0 Å². The number of fused-ring (bicyclic) bond motifs is 1. The molecule has 0 atom stereocenters. The minimum absolute atomic E-state index is 0.148. The fourth-order valence-corrected chi connectivity index (χ4v) is 2.39. The molecule has 0 radical (unpaired) electrons. The Morgan fingerprint density at radius 2 is 2.06 bits per heavy atom. The van der Waals surface area contributed by atoms with Gasteiger partial charge >= 0.3 is 0 Å². The van der Waals surface area contributed by atoms with Gasteiger partial charge in [-0.15, -0.1) is 0 Å². The van der Waals surface area contributed by atoms with Gasteiger partial charge in [-0.1, -0.05) is 0 Å². The third-order valence-corrected chi connectivity index (χ3v) is 3.32. The van der Waals surface area contributed by atoms with Crippen molar-refractivity contribution in [1.29, 1.82) is 0 Å². The molecule has 1 aromatic carbocycles. The molecule has 0 saturated heterocycles. The van der Waals surface area contributed by atoms with Gasteiger partial charge in [-0.25, -0.2) is 4.39 Å². The Balaban J connectivity index is 2.28. The highest BCUT2D eigenvalue weighted by Gasteiger charge is 2.08.